The first-order chi connectivity index (χ1) is 16.3. The lowest BCUT2D eigenvalue weighted by Gasteiger charge is -2.23. The molecule has 0 aromatic carbocycles. The summed E-state index contributed by atoms with van der Waals surface area (Å²) in [4.78, 5) is 10.1. The number of nitrogens with zero attached hydrogens (tertiary/aromatic N) is 4. The van der Waals surface area contributed by atoms with Crippen LogP contribution in [0.5, 0.6) is 0 Å². The number of hydrogen-bond acceptors (Lipinski definition) is 5. The Hall–Kier alpha value is -1.49. The van der Waals surface area contributed by atoms with Crippen molar-refractivity contribution < 1.29 is 0 Å². The summed E-state index contributed by atoms with van der Waals surface area (Å²) in [5.74, 6) is 2.56. The van der Waals surface area contributed by atoms with Gasteiger partial charge in [-0.15, -0.1) is 0 Å². The van der Waals surface area contributed by atoms with E-state index in [4.69, 9.17) is 0 Å². The Morgan fingerprint density at radius 1 is 0.576 bits per heavy atom. The van der Waals surface area contributed by atoms with Gasteiger partial charge in [-0.25, -0.2) is 0 Å². The quantitative estimate of drug-likeness (QED) is 0.316. The van der Waals surface area contributed by atoms with Crippen LogP contribution >= 0.6 is 11.8 Å². The highest BCUT2D eigenvalue weighted by atomic mass is 32.2. The van der Waals surface area contributed by atoms with Crippen LogP contribution in [0.1, 0.15) is 89.9 Å². The second-order valence-electron chi connectivity index (χ2n) is 10.0. The SMILES string of the molecule is C=CN1CN(CCCSCCCN2CN(C=C)C3=C2CCCCCC3)C2=C1CCCCCC2. The summed E-state index contributed by atoms with van der Waals surface area (Å²) in [6.45, 7) is 12.6. The Kier molecular flexibility index (Phi) is 9.57. The van der Waals surface area contributed by atoms with Gasteiger partial charge in [0.25, 0.3) is 0 Å². The molecule has 0 N–H and O–H groups in total. The van der Waals surface area contributed by atoms with Gasteiger partial charge >= 0.3 is 0 Å². The van der Waals surface area contributed by atoms with Crippen LogP contribution in [0.4, 0.5) is 0 Å². The zero-order valence-corrected chi connectivity index (χ0v) is 21.7. The van der Waals surface area contributed by atoms with Crippen molar-refractivity contribution in [1.82, 2.24) is 19.6 Å². The van der Waals surface area contributed by atoms with Crippen LogP contribution in [0.3, 0.4) is 0 Å². The molecule has 184 valence electrons. The van der Waals surface area contributed by atoms with E-state index in [0.29, 0.717) is 0 Å². The van der Waals surface area contributed by atoms with Crippen molar-refractivity contribution in [2.24, 2.45) is 0 Å². The lowest BCUT2D eigenvalue weighted by atomic mass is 10.0. The van der Waals surface area contributed by atoms with Crippen molar-refractivity contribution in [3.8, 4) is 0 Å². The van der Waals surface area contributed by atoms with Crippen molar-refractivity contribution in [3.05, 3.63) is 48.3 Å². The number of thioether (sulfide) groups is 1. The molecule has 0 aromatic heterocycles. The third kappa shape index (κ3) is 6.35. The van der Waals surface area contributed by atoms with Gasteiger partial charge in [0.15, 0.2) is 0 Å². The Morgan fingerprint density at radius 2 is 0.970 bits per heavy atom. The Morgan fingerprint density at radius 3 is 1.36 bits per heavy atom. The highest BCUT2D eigenvalue weighted by molar-refractivity contribution is 7.99. The Bertz CT molecular complexity index is 667. The molecule has 4 rings (SSSR count). The second kappa shape index (κ2) is 12.8. The van der Waals surface area contributed by atoms with Crippen LogP contribution in [0.25, 0.3) is 0 Å². The molecule has 0 bridgehead atoms. The van der Waals surface area contributed by atoms with Crippen LogP contribution in [0, 0.1) is 0 Å². The smallest absolute Gasteiger partial charge is 0.0940 e. The van der Waals surface area contributed by atoms with E-state index in [9.17, 15) is 0 Å². The van der Waals surface area contributed by atoms with Gasteiger partial charge in [-0.2, -0.15) is 11.8 Å². The predicted octanol–water partition coefficient (Wildman–Crippen LogP) is 7.07. The maximum atomic E-state index is 4.08. The van der Waals surface area contributed by atoms with E-state index in [1.807, 2.05) is 0 Å². The molecule has 0 fully saturated rings. The van der Waals surface area contributed by atoms with Gasteiger partial charge in [-0.1, -0.05) is 38.8 Å². The van der Waals surface area contributed by atoms with E-state index in [0.717, 1.165) is 13.3 Å². The first-order valence-electron chi connectivity index (χ1n) is 13.6. The summed E-state index contributed by atoms with van der Waals surface area (Å²) in [6.07, 6.45) is 22.6. The third-order valence-corrected chi connectivity index (χ3v) is 8.95. The molecule has 0 aromatic rings. The zero-order valence-electron chi connectivity index (χ0n) is 20.9. The summed E-state index contributed by atoms with van der Waals surface area (Å²) >= 11 is 2.15. The first-order valence-corrected chi connectivity index (χ1v) is 14.8. The second-order valence-corrected chi connectivity index (χ2v) is 11.3. The number of rotatable bonds is 10. The van der Waals surface area contributed by atoms with Crippen LogP contribution in [0.2, 0.25) is 0 Å². The van der Waals surface area contributed by atoms with Crippen molar-refractivity contribution >= 4 is 11.8 Å². The molecule has 2 aliphatic carbocycles. The van der Waals surface area contributed by atoms with E-state index >= 15 is 0 Å². The molecule has 0 spiro atoms. The number of hydrogen-bond donors (Lipinski definition) is 0. The average molecular weight is 471 g/mol. The minimum absolute atomic E-state index is 1.03. The maximum Gasteiger partial charge on any atom is 0.0940 e. The van der Waals surface area contributed by atoms with Crippen LogP contribution < -0.4 is 0 Å². The fourth-order valence-electron chi connectivity index (χ4n) is 6.03. The van der Waals surface area contributed by atoms with Crippen molar-refractivity contribution in [2.45, 2.75) is 89.9 Å². The molecule has 0 atom stereocenters. The molecule has 0 saturated heterocycles. The van der Waals surface area contributed by atoms with Crippen molar-refractivity contribution in [1.29, 1.82) is 0 Å². The largest absolute Gasteiger partial charge is 0.355 e. The normalized spacial score (nSPS) is 22.1. The minimum atomic E-state index is 1.03. The highest BCUT2D eigenvalue weighted by Crippen LogP contribution is 2.35. The van der Waals surface area contributed by atoms with E-state index in [1.54, 1.807) is 22.8 Å². The van der Waals surface area contributed by atoms with Gasteiger partial charge in [0.1, 0.15) is 0 Å². The molecule has 4 nitrogen and oxygen atoms in total. The fourth-order valence-corrected chi connectivity index (χ4v) is 6.90. The molecule has 0 amide bonds. The Balaban J connectivity index is 1.16. The number of allylic oxidation sites excluding steroid dienone is 4. The zero-order chi connectivity index (χ0) is 22.9. The summed E-state index contributed by atoms with van der Waals surface area (Å²) in [5.41, 5.74) is 6.39. The summed E-state index contributed by atoms with van der Waals surface area (Å²) in [5, 5.41) is 0. The van der Waals surface area contributed by atoms with Gasteiger partial charge in [-0.3, -0.25) is 0 Å². The topological polar surface area (TPSA) is 13.0 Å². The maximum absolute atomic E-state index is 4.08. The van der Waals surface area contributed by atoms with Crippen molar-refractivity contribution in [2.75, 3.05) is 37.9 Å². The van der Waals surface area contributed by atoms with Crippen LogP contribution in [0.15, 0.2) is 48.3 Å². The monoisotopic (exact) mass is 470 g/mol. The fraction of sp³-hybridized carbons (Fsp3) is 0.714. The molecule has 2 aliphatic heterocycles. The summed E-state index contributed by atoms with van der Waals surface area (Å²) in [6, 6.07) is 0. The van der Waals surface area contributed by atoms with Gasteiger partial charge in [0.05, 0.1) is 13.3 Å². The molecule has 2 heterocycles. The van der Waals surface area contributed by atoms with Gasteiger partial charge in [-0.05, 0) is 88.1 Å². The van der Waals surface area contributed by atoms with Crippen molar-refractivity contribution in [3.63, 3.8) is 0 Å². The third-order valence-electron chi connectivity index (χ3n) is 7.80. The summed E-state index contributed by atoms with van der Waals surface area (Å²) in [7, 11) is 0. The molecule has 0 saturated carbocycles. The lowest BCUT2D eigenvalue weighted by molar-refractivity contribution is 0.287. The van der Waals surface area contributed by atoms with Crippen LogP contribution in [-0.2, 0) is 0 Å². The lowest BCUT2D eigenvalue weighted by Crippen LogP contribution is -2.26. The molecule has 4 aliphatic rings. The molecule has 0 radical (unpaired) electrons. The summed E-state index contributed by atoms with van der Waals surface area (Å²) < 4.78 is 0. The molecule has 5 heteroatoms. The first kappa shape index (κ1) is 24.6. The highest BCUT2D eigenvalue weighted by Gasteiger charge is 2.28. The minimum Gasteiger partial charge on any atom is -0.355 e. The average Bonchev–Trinajstić information content (AvgIpc) is 3.28. The van der Waals surface area contributed by atoms with Gasteiger partial charge in [0, 0.05) is 35.9 Å². The van der Waals surface area contributed by atoms with E-state index in [1.165, 1.54) is 114 Å². The predicted molar refractivity (Wildman–Crippen MR) is 143 cm³/mol. The standard InChI is InChI=1S/C28H46N4S/c1-3-29-23-31(27-17-11-7-5-9-15-25(27)29)19-13-21-33-22-14-20-32-24-30(4-2)26-16-10-6-8-12-18-28(26)32/h3-4H,1-2,5-24H2. The Labute approximate surface area is 207 Å². The van der Waals surface area contributed by atoms with E-state index in [2.05, 4.69) is 56.9 Å². The molecular weight excluding hydrogens is 424 g/mol. The molecular formula is C28H46N4S. The van der Waals surface area contributed by atoms with E-state index < -0.39 is 0 Å². The van der Waals surface area contributed by atoms with Crippen LogP contribution in [-0.4, -0.2) is 57.5 Å². The van der Waals surface area contributed by atoms with Gasteiger partial charge in [0.2, 0.25) is 0 Å². The molecule has 0 unspecified atom stereocenters. The van der Waals surface area contributed by atoms with E-state index in [-0.39, 0.29) is 0 Å². The molecule has 33 heavy (non-hydrogen) atoms. The van der Waals surface area contributed by atoms with Gasteiger partial charge < -0.3 is 19.6 Å².